The van der Waals surface area contributed by atoms with E-state index < -0.39 is 8.32 Å². The van der Waals surface area contributed by atoms with Gasteiger partial charge in [-0.25, -0.2) is 0 Å². The molecule has 0 bridgehead atoms. The second kappa shape index (κ2) is 11.9. The molecule has 38 heavy (non-hydrogen) atoms. The molecule has 5 nitrogen and oxygen atoms in total. The van der Waals surface area contributed by atoms with Crippen LogP contribution >= 0.6 is 0 Å². The molecule has 0 saturated heterocycles. The number of amides is 1. The Kier molecular flexibility index (Phi) is 8.84. The number of carbonyl (C=O) groups excluding carboxylic acids is 1. The van der Waals surface area contributed by atoms with Gasteiger partial charge in [-0.2, -0.15) is 10.2 Å². The van der Waals surface area contributed by atoms with Crippen LogP contribution < -0.4 is 0 Å². The van der Waals surface area contributed by atoms with Gasteiger partial charge in [0.25, 0.3) is 5.91 Å². The van der Waals surface area contributed by atoms with Crippen LogP contribution in [0.3, 0.4) is 0 Å². The number of aromatic nitrogens is 2. The fourth-order valence-electron chi connectivity index (χ4n) is 5.24. The predicted octanol–water partition coefficient (Wildman–Crippen LogP) is 7.47. The Hall–Kier alpha value is -2.83. The van der Waals surface area contributed by atoms with Gasteiger partial charge in [-0.1, -0.05) is 63.2 Å². The van der Waals surface area contributed by atoms with Gasteiger partial charge in [0.2, 0.25) is 0 Å². The van der Waals surface area contributed by atoms with Gasteiger partial charge in [-0.05, 0) is 90.5 Å². The first-order valence-electron chi connectivity index (χ1n) is 13.9. The highest BCUT2D eigenvalue weighted by Crippen LogP contribution is 2.47. The third-order valence-electron chi connectivity index (χ3n) is 8.50. The number of rotatable bonds is 9. The average molecular weight is 530 g/mol. The highest BCUT2D eigenvalue weighted by atomic mass is 28.4. The minimum atomic E-state index is -1.91. The third kappa shape index (κ3) is 6.97. The van der Waals surface area contributed by atoms with E-state index in [1.54, 1.807) is 17.3 Å². The monoisotopic (exact) mass is 529 g/mol. The topological polar surface area (TPSA) is 55.3 Å². The van der Waals surface area contributed by atoms with E-state index >= 15 is 0 Å². The summed E-state index contributed by atoms with van der Waals surface area (Å²) in [5.74, 6) is 1.19. The van der Waals surface area contributed by atoms with Gasteiger partial charge >= 0.3 is 0 Å². The number of hydrogen-bond donors (Lipinski definition) is 0. The average Bonchev–Trinajstić information content (AvgIpc) is 3.36. The summed E-state index contributed by atoms with van der Waals surface area (Å²) in [5.41, 5.74) is 4.30. The second-order valence-corrected chi connectivity index (χ2v) is 17.2. The Bertz CT molecular complexity index is 1180. The number of benzene rings is 2. The summed E-state index contributed by atoms with van der Waals surface area (Å²) < 4.78 is 7.07. The molecule has 0 spiro atoms. The molecule has 4 rings (SSSR count). The van der Waals surface area contributed by atoms with Gasteiger partial charge in [0.05, 0.1) is 12.3 Å². The standard InChI is InChI=1S/C32H43N3O2Si/c1-32(2,3)38(5,6)37-30(27-10-8-7-9-11-27)29-17-14-25(21-29)20-24-12-15-28(16-13-24)31(36)35(4)23-26-18-19-33-34-22-26/h7-13,15-16,18-19,22,25,29-30H,14,17,20-21,23H2,1-6H3/t25-,29-,30+/m0/s1. The SMILES string of the molecule is CN(Cc1ccnnc1)C(=O)c1ccc(C[C@@H]2CC[C@H]([C@H](O[Si](C)(C)C(C)(C)C)c3ccccc3)C2)cc1. The van der Waals surface area contributed by atoms with Crippen molar-refractivity contribution < 1.29 is 9.22 Å². The van der Waals surface area contributed by atoms with Gasteiger partial charge in [0, 0.05) is 25.4 Å². The molecule has 0 unspecified atom stereocenters. The van der Waals surface area contributed by atoms with Crippen molar-refractivity contribution in [3.8, 4) is 0 Å². The normalized spacial score (nSPS) is 18.8. The Morgan fingerprint density at radius 3 is 2.34 bits per heavy atom. The fraction of sp³-hybridized carbons (Fsp3) is 0.469. The van der Waals surface area contributed by atoms with E-state index in [1.165, 1.54) is 30.4 Å². The van der Waals surface area contributed by atoms with Crippen LogP contribution in [0.1, 0.15) is 73.2 Å². The van der Waals surface area contributed by atoms with Crippen molar-refractivity contribution in [1.82, 2.24) is 15.1 Å². The Labute approximate surface area is 229 Å². The molecule has 1 saturated carbocycles. The zero-order chi connectivity index (χ0) is 27.3. The maximum atomic E-state index is 12.9. The van der Waals surface area contributed by atoms with Crippen LogP contribution in [0, 0.1) is 11.8 Å². The Morgan fingerprint density at radius 1 is 1.00 bits per heavy atom. The first-order chi connectivity index (χ1) is 18.0. The third-order valence-corrected chi connectivity index (χ3v) is 13.0. The van der Waals surface area contributed by atoms with Crippen LogP contribution in [0.25, 0.3) is 0 Å². The summed E-state index contributed by atoms with van der Waals surface area (Å²) in [6.45, 7) is 12.2. The first-order valence-corrected chi connectivity index (χ1v) is 16.8. The molecule has 1 heterocycles. The van der Waals surface area contributed by atoms with E-state index in [-0.39, 0.29) is 17.0 Å². The van der Waals surface area contributed by atoms with Gasteiger partial charge < -0.3 is 9.33 Å². The maximum Gasteiger partial charge on any atom is 0.253 e. The summed E-state index contributed by atoms with van der Waals surface area (Å²) in [7, 11) is -0.0846. The van der Waals surface area contributed by atoms with E-state index in [9.17, 15) is 4.79 Å². The second-order valence-electron chi connectivity index (χ2n) is 12.5. The van der Waals surface area contributed by atoms with Crippen LogP contribution in [-0.2, 0) is 17.4 Å². The van der Waals surface area contributed by atoms with Crippen molar-refractivity contribution in [1.29, 1.82) is 0 Å². The van der Waals surface area contributed by atoms with E-state index in [2.05, 4.69) is 86.5 Å². The van der Waals surface area contributed by atoms with Gasteiger partial charge in [0.15, 0.2) is 8.32 Å². The lowest BCUT2D eigenvalue weighted by Crippen LogP contribution is -2.43. The molecule has 0 aliphatic heterocycles. The molecule has 0 N–H and O–H groups in total. The zero-order valence-corrected chi connectivity index (χ0v) is 24.9. The minimum Gasteiger partial charge on any atom is -0.410 e. The van der Waals surface area contributed by atoms with Gasteiger partial charge in [-0.3, -0.25) is 4.79 Å². The molecule has 0 radical (unpaired) electrons. The maximum absolute atomic E-state index is 12.9. The summed E-state index contributed by atoms with van der Waals surface area (Å²) in [6.07, 6.45) is 8.15. The lowest BCUT2D eigenvalue weighted by atomic mass is 9.91. The zero-order valence-electron chi connectivity index (χ0n) is 23.9. The predicted molar refractivity (Wildman–Crippen MR) is 156 cm³/mol. The highest BCUT2D eigenvalue weighted by Gasteiger charge is 2.42. The first kappa shape index (κ1) is 28.2. The van der Waals surface area contributed by atoms with E-state index in [0.717, 1.165) is 17.5 Å². The summed E-state index contributed by atoms with van der Waals surface area (Å²) >= 11 is 0. The lowest BCUT2D eigenvalue weighted by molar-refractivity contribution is 0.0785. The van der Waals surface area contributed by atoms with E-state index in [0.29, 0.717) is 18.4 Å². The number of carbonyl (C=O) groups is 1. The number of hydrogen-bond acceptors (Lipinski definition) is 4. The van der Waals surface area contributed by atoms with E-state index in [1.807, 2.05) is 25.2 Å². The van der Waals surface area contributed by atoms with Crippen molar-refractivity contribution in [3.05, 3.63) is 95.3 Å². The number of nitrogens with zero attached hydrogens (tertiary/aromatic N) is 3. The molecule has 3 atom stereocenters. The molecule has 3 aromatic rings. The molecule has 1 aliphatic carbocycles. The molecule has 1 aliphatic rings. The highest BCUT2D eigenvalue weighted by molar-refractivity contribution is 6.74. The Balaban J connectivity index is 1.38. The quantitative estimate of drug-likeness (QED) is 0.270. The van der Waals surface area contributed by atoms with Crippen molar-refractivity contribution in [2.75, 3.05) is 7.05 Å². The molecule has 1 amide bonds. The molecule has 1 fully saturated rings. The van der Waals surface area contributed by atoms with Gasteiger partial charge in [0.1, 0.15) is 0 Å². The molecule has 1 aromatic heterocycles. The van der Waals surface area contributed by atoms with Crippen LogP contribution in [0.2, 0.25) is 18.1 Å². The van der Waals surface area contributed by atoms with Crippen molar-refractivity contribution >= 4 is 14.2 Å². The van der Waals surface area contributed by atoms with Crippen molar-refractivity contribution in [3.63, 3.8) is 0 Å². The van der Waals surface area contributed by atoms with Crippen LogP contribution in [-0.4, -0.2) is 36.4 Å². The molecule has 6 heteroatoms. The van der Waals surface area contributed by atoms with Crippen LogP contribution in [0.4, 0.5) is 0 Å². The van der Waals surface area contributed by atoms with Gasteiger partial charge in [-0.15, -0.1) is 0 Å². The summed E-state index contributed by atoms with van der Waals surface area (Å²) in [5, 5.41) is 7.88. The fourth-order valence-corrected chi connectivity index (χ4v) is 6.56. The molecule has 202 valence electrons. The van der Waals surface area contributed by atoms with Crippen LogP contribution in [0.15, 0.2) is 73.1 Å². The minimum absolute atomic E-state index is 0.0165. The smallest absolute Gasteiger partial charge is 0.253 e. The molecular weight excluding hydrogens is 486 g/mol. The van der Waals surface area contributed by atoms with Crippen LogP contribution in [0.5, 0.6) is 0 Å². The van der Waals surface area contributed by atoms with Crippen molar-refractivity contribution in [2.24, 2.45) is 11.8 Å². The molecule has 2 aromatic carbocycles. The summed E-state index contributed by atoms with van der Waals surface area (Å²) in [4.78, 5) is 14.6. The summed E-state index contributed by atoms with van der Waals surface area (Å²) in [6, 6.07) is 20.9. The Morgan fingerprint density at radius 2 is 1.71 bits per heavy atom. The largest absolute Gasteiger partial charge is 0.410 e. The molecular formula is C32H43N3O2Si. The van der Waals surface area contributed by atoms with E-state index in [4.69, 9.17) is 4.43 Å². The van der Waals surface area contributed by atoms with Crippen molar-refractivity contribution in [2.45, 2.75) is 77.2 Å². The lowest BCUT2D eigenvalue weighted by Gasteiger charge is -2.41.